The Morgan fingerprint density at radius 3 is 2.87 bits per heavy atom. The van der Waals surface area contributed by atoms with E-state index < -0.39 is 6.23 Å². The second kappa shape index (κ2) is 5.25. The summed E-state index contributed by atoms with van der Waals surface area (Å²) in [5.41, 5.74) is 0. The molecule has 4 heteroatoms. The van der Waals surface area contributed by atoms with Crippen LogP contribution in [0.15, 0.2) is 0 Å². The molecule has 2 heterocycles. The Morgan fingerprint density at radius 2 is 2.20 bits per heavy atom. The number of likely N-dealkylation sites (tertiary alicyclic amines) is 1. The van der Waals surface area contributed by atoms with Crippen molar-refractivity contribution in [2.75, 3.05) is 13.2 Å². The third-order valence-electron chi connectivity index (χ3n) is 3.16. The van der Waals surface area contributed by atoms with Crippen molar-refractivity contribution in [3.63, 3.8) is 0 Å². The van der Waals surface area contributed by atoms with Crippen molar-refractivity contribution in [1.29, 1.82) is 0 Å². The first-order chi connectivity index (χ1) is 7.27. The molecule has 2 aliphatic heterocycles. The van der Waals surface area contributed by atoms with Gasteiger partial charge in [0.15, 0.2) is 6.29 Å². The third-order valence-corrected chi connectivity index (χ3v) is 3.16. The van der Waals surface area contributed by atoms with Gasteiger partial charge in [-0.1, -0.05) is 0 Å². The van der Waals surface area contributed by atoms with Crippen LogP contribution in [0.25, 0.3) is 0 Å². The summed E-state index contributed by atoms with van der Waals surface area (Å²) in [6.07, 6.45) is 5.01. The molecule has 3 atom stereocenters. The van der Waals surface area contributed by atoms with Crippen LogP contribution < -0.4 is 0 Å². The fraction of sp³-hybridized carbons (Fsp3) is 1.00. The summed E-state index contributed by atoms with van der Waals surface area (Å²) in [5, 5.41) is 9.56. The predicted molar refractivity (Wildman–Crippen MR) is 56.1 cm³/mol. The molecule has 2 saturated heterocycles. The topological polar surface area (TPSA) is 41.9 Å². The average Bonchev–Trinajstić information content (AvgIpc) is 2.67. The Kier molecular flexibility index (Phi) is 3.97. The lowest BCUT2D eigenvalue weighted by Gasteiger charge is -2.32. The fourth-order valence-corrected chi connectivity index (χ4v) is 2.33. The van der Waals surface area contributed by atoms with Gasteiger partial charge >= 0.3 is 0 Å². The van der Waals surface area contributed by atoms with Gasteiger partial charge in [-0.05, 0) is 39.0 Å². The summed E-state index contributed by atoms with van der Waals surface area (Å²) >= 11 is 0. The highest BCUT2D eigenvalue weighted by molar-refractivity contribution is 4.73. The lowest BCUT2D eigenvalue weighted by atomic mass is 10.2. The first kappa shape index (κ1) is 11.3. The molecule has 2 fully saturated rings. The Morgan fingerprint density at radius 1 is 1.33 bits per heavy atom. The minimum Gasteiger partial charge on any atom is -0.379 e. The van der Waals surface area contributed by atoms with Crippen molar-refractivity contribution >= 4 is 0 Å². The zero-order chi connectivity index (χ0) is 10.7. The van der Waals surface area contributed by atoms with Crippen molar-refractivity contribution in [2.24, 2.45) is 0 Å². The normalized spacial score (nSPS) is 35.6. The van der Waals surface area contributed by atoms with Gasteiger partial charge in [-0.2, -0.15) is 0 Å². The van der Waals surface area contributed by atoms with Gasteiger partial charge in [-0.15, -0.1) is 0 Å². The monoisotopic (exact) mass is 215 g/mol. The first-order valence-electron chi connectivity index (χ1n) is 5.98. The van der Waals surface area contributed by atoms with Crippen molar-refractivity contribution in [3.8, 4) is 0 Å². The average molecular weight is 215 g/mol. The Hall–Kier alpha value is -0.160. The van der Waals surface area contributed by atoms with E-state index in [1.54, 1.807) is 6.92 Å². The van der Waals surface area contributed by atoms with Gasteiger partial charge in [0.1, 0.15) is 12.5 Å². The molecule has 3 unspecified atom stereocenters. The maximum atomic E-state index is 9.56. The molecule has 0 aliphatic carbocycles. The molecule has 0 aromatic carbocycles. The van der Waals surface area contributed by atoms with Crippen LogP contribution in [-0.4, -0.2) is 41.9 Å². The molecular weight excluding hydrogens is 194 g/mol. The van der Waals surface area contributed by atoms with Crippen LogP contribution in [0, 0.1) is 0 Å². The summed E-state index contributed by atoms with van der Waals surface area (Å²) in [6, 6.07) is 0. The number of aliphatic hydroxyl groups is 1. The SMILES string of the molecule is CC(O)N1CCCC1OC1CCCCO1. The highest BCUT2D eigenvalue weighted by Gasteiger charge is 2.31. The van der Waals surface area contributed by atoms with E-state index in [1.807, 2.05) is 4.90 Å². The maximum absolute atomic E-state index is 9.56. The van der Waals surface area contributed by atoms with Crippen LogP contribution in [0.3, 0.4) is 0 Å². The van der Waals surface area contributed by atoms with Gasteiger partial charge in [-0.3, -0.25) is 4.90 Å². The zero-order valence-electron chi connectivity index (χ0n) is 9.39. The molecule has 0 aromatic heterocycles. The number of nitrogens with zero attached hydrogens (tertiary/aromatic N) is 1. The Balaban J connectivity index is 1.81. The molecule has 2 rings (SSSR count). The highest BCUT2D eigenvalue weighted by Crippen LogP contribution is 2.24. The van der Waals surface area contributed by atoms with Gasteiger partial charge in [0.2, 0.25) is 0 Å². The van der Waals surface area contributed by atoms with Gasteiger partial charge in [0.05, 0.1) is 0 Å². The molecule has 4 nitrogen and oxygen atoms in total. The molecule has 0 saturated carbocycles. The molecule has 0 amide bonds. The van der Waals surface area contributed by atoms with Gasteiger partial charge < -0.3 is 14.6 Å². The number of hydrogen-bond donors (Lipinski definition) is 1. The van der Waals surface area contributed by atoms with Gasteiger partial charge in [0, 0.05) is 13.2 Å². The summed E-state index contributed by atoms with van der Waals surface area (Å²) in [7, 11) is 0. The number of ether oxygens (including phenoxy) is 2. The van der Waals surface area contributed by atoms with E-state index in [0.717, 1.165) is 38.8 Å². The van der Waals surface area contributed by atoms with E-state index in [9.17, 15) is 5.11 Å². The summed E-state index contributed by atoms with van der Waals surface area (Å²) in [4.78, 5) is 2.00. The third kappa shape index (κ3) is 2.91. The lowest BCUT2D eigenvalue weighted by molar-refractivity contribution is -0.227. The van der Waals surface area contributed by atoms with E-state index in [0.29, 0.717) is 0 Å². The number of hydrogen-bond acceptors (Lipinski definition) is 4. The van der Waals surface area contributed by atoms with Crippen molar-refractivity contribution in [1.82, 2.24) is 4.90 Å². The minimum atomic E-state index is -0.416. The molecule has 0 spiro atoms. The van der Waals surface area contributed by atoms with Crippen LogP contribution in [-0.2, 0) is 9.47 Å². The molecule has 0 radical (unpaired) electrons. The summed E-state index contributed by atoms with van der Waals surface area (Å²) in [5.74, 6) is 0. The lowest BCUT2D eigenvalue weighted by Crippen LogP contribution is -2.41. The second-order valence-corrected chi connectivity index (χ2v) is 4.40. The Bertz CT molecular complexity index is 192. The van der Waals surface area contributed by atoms with E-state index in [1.165, 1.54) is 6.42 Å². The van der Waals surface area contributed by atoms with Crippen molar-refractivity contribution in [2.45, 2.75) is 57.8 Å². The van der Waals surface area contributed by atoms with Crippen LogP contribution in [0.5, 0.6) is 0 Å². The number of rotatable bonds is 3. The molecule has 0 aromatic rings. The molecule has 15 heavy (non-hydrogen) atoms. The number of aliphatic hydroxyl groups excluding tert-OH is 1. The summed E-state index contributed by atoms with van der Waals surface area (Å²) in [6.45, 7) is 3.53. The summed E-state index contributed by atoms with van der Waals surface area (Å²) < 4.78 is 11.4. The second-order valence-electron chi connectivity index (χ2n) is 4.40. The maximum Gasteiger partial charge on any atom is 0.159 e. The van der Waals surface area contributed by atoms with E-state index in [-0.39, 0.29) is 12.5 Å². The molecule has 88 valence electrons. The smallest absolute Gasteiger partial charge is 0.159 e. The Labute approximate surface area is 91.2 Å². The minimum absolute atomic E-state index is 0.0492. The van der Waals surface area contributed by atoms with Crippen molar-refractivity contribution in [3.05, 3.63) is 0 Å². The van der Waals surface area contributed by atoms with Crippen molar-refractivity contribution < 1.29 is 14.6 Å². The quantitative estimate of drug-likeness (QED) is 0.770. The fourth-order valence-electron chi connectivity index (χ4n) is 2.33. The van der Waals surface area contributed by atoms with Crippen LogP contribution in [0.4, 0.5) is 0 Å². The standard InChI is InChI=1S/C11H21NO3/c1-9(13)12-7-4-5-10(12)15-11-6-2-3-8-14-11/h9-11,13H,2-8H2,1H3. The predicted octanol–water partition coefficient (Wildman–Crippen LogP) is 1.29. The largest absolute Gasteiger partial charge is 0.379 e. The molecular formula is C11H21NO3. The first-order valence-corrected chi connectivity index (χ1v) is 5.98. The molecule has 2 aliphatic rings. The van der Waals surface area contributed by atoms with Crippen LogP contribution >= 0.6 is 0 Å². The highest BCUT2D eigenvalue weighted by atomic mass is 16.7. The molecule has 0 bridgehead atoms. The van der Waals surface area contributed by atoms with E-state index >= 15 is 0 Å². The van der Waals surface area contributed by atoms with E-state index in [2.05, 4.69) is 0 Å². The van der Waals surface area contributed by atoms with Crippen LogP contribution in [0.1, 0.15) is 39.0 Å². The van der Waals surface area contributed by atoms with E-state index in [4.69, 9.17) is 9.47 Å². The molecule has 1 N–H and O–H groups in total. The van der Waals surface area contributed by atoms with Gasteiger partial charge in [0.25, 0.3) is 0 Å². The van der Waals surface area contributed by atoms with Crippen LogP contribution in [0.2, 0.25) is 0 Å². The zero-order valence-corrected chi connectivity index (χ0v) is 9.39. The van der Waals surface area contributed by atoms with Gasteiger partial charge in [-0.25, -0.2) is 0 Å².